The van der Waals surface area contributed by atoms with Crippen LogP contribution in [0, 0.1) is 0 Å². The van der Waals surface area contributed by atoms with E-state index in [4.69, 9.17) is 5.11 Å². The lowest BCUT2D eigenvalue weighted by molar-refractivity contribution is -0.146. The summed E-state index contributed by atoms with van der Waals surface area (Å²) in [6.45, 7) is 1.48. The van der Waals surface area contributed by atoms with Crippen LogP contribution in [0.1, 0.15) is 12.5 Å². The molecular weight excluding hydrogens is 266 g/mol. The molecule has 0 aliphatic carbocycles. The van der Waals surface area contributed by atoms with Crippen molar-refractivity contribution in [2.24, 2.45) is 0 Å². The molecule has 2 aromatic carbocycles. The molecule has 4 nitrogen and oxygen atoms in total. The number of hydrogen-bond acceptors (Lipinski definition) is 2. The van der Waals surface area contributed by atoms with Crippen LogP contribution >= 0.6 is 0 Å². The van der Waals surface area contributed by atoms with E-state index in [1.165, 1.54) is 24.9 Å². The molecule has 0 spiro atoms. The van der Waals surface area contributed by atoms with Gasteiger partial charge in [0, 0.05) is 13.1 Å². The zero-order valence-electron chi connectivity index (χ0n) is 12.0. The molecule has 0 heterocycles. The molecular formula is C17H17NO3. The molecule has 2 rings (SSSR count). The first-order valence-corrected chi connectivity index (χ1v) is 6.65. The van der Waals surface area contributed by atoms with Crippen molar-refractivity contribution in [3.8, 4) is 0 Å². The highest BCUT2D eigenvalue weighted by Crippen LogP contribution is 2.16. The molecule has 108 valence electrons. The first kappa shape index (κ1) is 14.8. The van der Waals surface area contributed by atoms with Gasteiger partial charge in [-0.1, -0.05) is 36.4 Å². The molecule has 1 atom stereocenters. The van der Waals surface area contributed by atoms with Crippen LogP contribution in [-0.4, -0.2) is 35.0 Å². The number of carbonyl (C=O) groups excluding carboxylic acids is 1. The third-order valence-electron chi connectivity index (χ3n) is 3.48. The second kappa shape index (κ2) is 6.22. The standard InChI is InChI=1S/C17H17NO3/c1-12(17(20)21)18(2)16(19)10-8-13-7-9-14-5-3-4-6-15(14)11-13/h3-12H,1-2H3,(H,20,21). The van der Waals surface area contributed by atoms with Gasteiger partial charge in [-0.2, -0.15) is 0 Å². The second-order valence-electron chi connectivity index (χ2n) is 4.90. The summed E-state index contributed by atoms with van der Waals surface area (Å²) in [6, 6.07) is 13.0. The van der Waals surface area contributed by atoms with Crippen LogP contribution in [0.15, 0.2) is 48.5 Å². The van der Waals surface area contributed by atoms with Gasteiger partial charge in [0.05, 0.1) is 0 Å². The molecule has 1 N–H and O–H groups in total. The quantitative estimate of drug-likeness (QED) is 0.878. The normalized spacial score (nSPS) is 12.5. The highest BCUT2D eigenvalue weighted by molar-refractivity contribution is 5.95. The monoisotopic (exact) mass is 283 g/mol. The van der Waals surface area contributed by atoms with Gasteiger partial charge in [-0.25, -0.2) is 4.79 Å². The molecule has 0 aliphatic rings. The Labute approximate surface area is 123 Å². The fraction of sp³-hybridized carbons (Fsp3) is 0.176. The highest BCUT2D eigenvalue weighted by atomic mass is 16.4. The number of likely N-dealkylation sites (N-methyl/N-ethyl adjacent to an activating group) is 1. The fourth-order valence-corrected chi connectivity index (χ4v) is 1.95. The van der Waals surface area contributed by atoms with Crippen LogP contribution in [-0.2, 0) is 9.59 Å². The van der Waals surface area contributed by atoms with Crippen LogP contribution in [0.25, 0.3) is 16.8 Å². The van der Waals surface area contributed by atoms with Crippen molar-refractivity contribution in [2.75, 3.05) is 7.05 Å². The molecule has 0 aromatic heterocycles. The predicted octanol–water partition coefficient (Wildman–Crippen LogP) is 2.78. The lowest BCUT2D eigenvalue weighted by Crippen LogP contribution is -2.39. The number of benzene rings is 2. The third kappa shape index (κ3) is 3.48. The Morgan fingerprint density at radius 3 is 2.48 bits per heavy atom. The molecule has 0 radical (unpaired) electrons. The molecule has 1 amide bonds. The zero-order valence-corrected chi connectivity index (χ0v) is 12.0. The van der Waals surface area contributed by atoms with Gasteiger partial charge in [0.15, 0.2) is 0 Å². The summed E-state index contributed by atoms with van der Waals surface area (Å²) in [5.41, 5.74) is 0.901. The number of hydrogen-bond donors (Lipinski definition) is 1. The topological polar surface area (TPSA) is 57.6 Å². The van der Waals surface area contributed by atoms with Crippen molar-refractivity contribution >= 4 is 28.7 Å². The average Bonchev–Trinajstić information content (AvgIpc) is 2.50. The minimum atomic E-state index is -1.02. The van der Waals surface area contributed by atoms with E-state index in [0.717, 1.165) is 16.3 Å². The van der Waals surface area contributed by atoms with E-state index in [9.17, 15) is 9.59 Å². The molecule has 1 unspecified atom stereocenters. The van der Waals surface area contributed by atoms with Gasteiger partial charge in [-0.05, 0) is 35.4 Å². The van der Waals surface area contributed by atoms with E-state index in [2.05, 4.69) is 0 Å². The number of carboxylic acid groups (broad SMARTS) is 1. The summed E-state index contributed by atoms with van der Waals surface area (Å²) in [6.07, 6.45) is 3.09. The maximum Gasteiger partial charge on any atom is 0.326 e. The van der Waals surface area contributed by atoms with Gasteiger partial charge in [0.25, 0.3) is 0 Å². The number of amides is 1. The highest BCUT2D eigenvalue weighted by Gasteiger charge is 2.19. The van der Waals surface area contributed by atoms with Crippen molar-refractivity contribution in [2.45, 2.75) is 13.0 Å². The first-order valence-electron chi connectivity index (χ1n) is 6.65. The average molecular weight is 283 g/mol. The number of fused-ring (bicyclic) bond motifs is 1. The third-order valence-corrected chi connectivity index (χ3v) is 3.48. The Morgan fingerprint density at radius 2 is 1.81 bits per heavy atom. The Morgan fingerprint density at radius 1 is 1.14 bits per heavy atom. The van der Waals surface area contributed by atoms with Gasteiger partial charge in [-0.15, -0.1) is 0 Å². The zero-order chi connectivity index (χ0) is 15.4. The summed E-state index contributed by atoms with van der Waals surface area (Å²) in [5, 5.41) is 11.1. The molecule has 0 saturated carbocycles. The van der Waals surface area contributed by atoms with E-state index in [-0.39, 0.29) is 5.91 Å². The summed E-state index contributed by atoms with van der Waals surface area (Å²) in [4.78, 5) is 23.9. The van der Waals surface area contributed by atoms with Crippen molar-refractivity contribution in [3.63, 3.8) is 0 Å². The Kier molecular flexibility index (Phi) is 4.38. The Hall–Kier alpha value is -2.62. The van der Waals surface area contributed by atoms with Crippen LogP contribution < -0.4 is 0 Å². The van der Waals surface area contributed by atoms with Crippen molar-refractivity contribution in [1.82, 2.24) is 4.90 Å². The summed E-state index contributed by atoms with van der Waals surface area (Å²) in [5.74, 6) is -1.36. The molecule has 21 heavy (non-hydrogen) atoms. The Bertz CT molecular complexity index is 706. The number of nitrogens with zero attached hydrogens (tertiary/aromatic N) is 1. The Balaban J connectivity index is 2.15. The van der Waals surface area contributed by atoms with E-state index in [1.807, 2.05) is 42.5 Å². The molecule has 0 saturated heterocycles. The molecule has 2 aromatic rings. The summed E-state index contributed by atoms with van der Waals surface area (Å²) in [7, 11) is 1.48. The van der Waals surface area contributed by atoms with Gasteiger partial charge >= 0.3 is 5.97 Å². The largest absolute Gasteiger partial charge is 0.480 e. The SMILES string of the molecule is CC(C(=O)O)N(C)C(=O)C=Cc1ccc2ccccc2c1. The first-order chi connectivity index (χ1) is 9.99. The molecule has 0 aliphatic heterocycles. The van der Waals surface area contributed by atoms with Gasteiger partial charge in [-0.3, -0.25) is 4.79 Å². The smallest absolute Gasteiger partial charge is 0.326 e. The number of aliphatic carboxylic acids is 1. The van der Waals surface area contributed by atoms with Crippen molar-refractivity contribution in [1.29, 1.82) is 0 Å². The van der Waals surface area contributed by atoms with Gasteiger partial charge < -0.3 is 10.0 Å². The van der Waals surface area contributed by atoms with Crippen LogP contribution in [0.4, 0.5) is 0 Å². The maximum absolute atomic E-state index is 11.9. The van der Waals surface area contributed by atoms with Crippen molar-refractivity contribution in [3.05, 3.63) is 54.1 Å². The fourth-order valence-electron chi connectivity index (χ4n) is 1.95. The number of rotatable bonds is 4. The maximum atomic E-state index is 11.9. The van der Waals surface area contributed by atoms with E-state index >= 15 is 0 Å². The summed E-state index contributed by atoms with van der Waals surface area (Å²) >= 11 is 0. The van der Waals surface area contributed by atoms with E-state index in [0.29, 0.717) is 0 Å². The van der Waals surface area contributed by atoms with Crippen molar-refractivity contribution < 1.29 is 14.7 Å². The lowest BCUT2D eigenvalue weighted by Gasteiger charge is -2.19. The lowest BCUT2D eigenvalue weighted by atomic mass is 10.1. The second-order valence-corrected chi connectivity index (χ2v) is 4.90. The van der Waals surface area contributed by atoms with Crippen LogP contribution in [0.3, 0.4) is 0 Å². The number of carboxylic acids is 1. The predicted molar refractivity (Wildman–Crippen MR) is 82.8 cm³/mol. The minimum absolute atomic E-state index is 0.335. The minimum Gasteiger partial charge on any atom is -0.480 e. The van der Waals surface area contributed by atoms with E-state index < -0.39 is 12.0 Å². The number of carbonyl (C=O) groups is 2. The molecule has 0 bridgehead atoms. The van der Waals surface area contributed by atoms with Gasteiger partial charge in [0.2, 0.25) is 5.91 Å². The summed E-state index contributed by atoms with van der Waals surface area (Å²) < 4.78 is 0. The van der Waals surface area contributed by atoms with Gasteiger partial charge in [0.1, 0.15) is 6.04 Å². The van der Waals surface area contributed by atoms with E-state index in [1.54, 1.807) is 6.08 Å². The molecule has 4 heteroatoms. The van der Waals surface area contributed by atoms with Crippen LogP contribution in [0.5, 0.6) is 0 Å². The van der Waals surface area contributed by atoms with Crippen LogP contribution in [0.2, 0.25) is 0 Å². The molecule has 0 fully saturated rings.